The van der Waals surface area contributed by atoms with Crippen molar-refractivity contribution in [2.24, 2.45) is 5.41 Å². The Morgan fingerprint density at radius 3 is 2.25 bits per heavy atom. The topological polar surface area (TPSA) is 15.3 Å². The van der Waals surface area contributed by atoms with Crippen molar-refractivity contribution in [3.05, 3.63) is 0 Å². The predicted octanol–water partition coefficient (Wildman–Crippen LogP) is 4.20. The molecule has 118 valence electrons. The average Bonchev–Trinajstić information content (AvgIpc) is 2.92. The van der Waals surface area contributed by atoms with Crippen LogP contribution in [-0.2, 0) is 0 Å². The van der Waals surface area contributed by atoms with Crippen LogP contribution in [0.25, 0.3) is 0 Å². The van der Waals surface area contributed by atoms with E-state index < -0.39 is 0 Å². The predicted molar refractivity (Wildman–Crippen MR) is 88.2 cm³/mol. The van der Waals surface area contributed by atoms with Crippen LogP contribution >= 0.6 is 0 Å². The zero-order chi connectivity index (χ0) is 14.1. The second kappa shape index (κ2) is 9.04. The van der Waals surface area contributed by atoms with Crippen LogP contribution in [0.3, 0.4) is 0 Å². The first-order valence-electron chi connectivity index (χ1n) is 9.28. The van der Waals surface area contributed by atoms with Gasteiger partial charge in [-0.3, -0.25) is 0 Å². The number of piperidine rings is 1. The molecule has 2 heteroatoms. The van der Waals surface area contributed by atoms with E-state index in [1.165, 1.54) is 103 Å². The maximum atomic E-state index is 3.49. The van der Waals surface area contributed by atoms with Crippen LogP contribution < -0.4 is 5.32 Å². The minimum atomic E-state index is 0.793. The molecule has 0 amide bonds. The van der Waals surface area contributed by atoms with Gasteiger partial charge in [-0.15, -0.1) is 0 Å². The first-order valence-corrected chi connectivity index (χ1v) is 9.28. The molecule has 2 aliphatic rings. The number of hydrogen-bond acceptors (Lipinski definition) is 2. The molecule has 0 unspecified atom stereocenters. The largest absolute Gasteiger partial charge is 0.317 e. The molecule has 1 aliphatic carbocycles. The molecule has 0 bridgehead atoms. The molecular formula is C18H36N2. The number of rotatable bonds is 9. The molecule has 0 atom stereocenters. The van der Waals surface area contributed by atoms with E-state index >= 15 is 0 Å². The minimum Gasteiger partial charge on any atom is -0.317 e. The molecule has 1 spiro atoms. The van der Waals surface area contributed by atoms with Gasteiger partial charge in [0.15, 0.2) is 0 Å². The monoisotopic (exact) mass is 280 g/mol. The van der Waals surface area contributed by atoms with Crippen molar-refractivity contribution in [1.29, 1.82) is 0 Å². The maximum Gasteiger partial charge on any atom is -0.00134 e. The molecule has 20 heavy (non-hydrogen) atoms. The molecule has 2 rings (SSSR count). The van der Waals surface area contributed by atoms with Crippen LogP contribution in [0.1, 0.15) is 77.6 Å². The van der Waals surface area contributed by atoms with E-state index in [0.29, 0.717) is 0 Å². The fraction of sp³-hybridized carbons (Fsp3) is 1.00. The van der Waals surface area contributed by atoms with E-state index in [-0.39, 0.29) is 0 Å². The smallest absolute Gasteiger partial charge is 0.00134 e. The number of likely N-dealkylation sites (tertiary alicyclic amines) is 1. The molecule has 1 heterocycles. The number of nitrogens with one attached hydrogen (secondary N) is 1. The van der Waals surface area contributed by atoms with Gasteiger partial charge in [-0.2, -0.15) is 0 Å². The van der Waals surface area contributed by atoms with Crippen LogP contribution in [0.2, 0.25) is 0 Å². The summed E-state index contributed by atoms with van der Waals surface area (Å²) in [5, 5.41) is 3.49. The van der Waals surface area contributed by atoms with Gasteiger partial charge in [-0.25, -0.2) is 0 Å². The second-order valence-electron chi connectivity index (χ2n) is 7.21. The standard InChI is InChI=1S/C18H36N2/c1-2-13-19-14-7-3-4-8-15-20-16-11-18(12-17-20)9-5-6-10-18/h19H,2-17H2,1H3. The summed E-state index contributed by atoms with van der Waals surface area (Å²) in [6.07, 6.45) is 15.9. The van der Waals surface area contributed by atoms with Gasteiger partial charge in [0, 0.05) is 0 Å². The lowest BCUT2D eigenvalue weighted by Crippen LogP contribution is -2.39. The van der Waals surface area contributed by atoms with Crippen LogP contribution in [0, 0.1) is 5.41 Å². The van der Waals surface area contributed by atoms with Gasteiger partial charge < -0.3 is 10.2 Å². The van der Waals surface area contributed by atoms with Gasteiger partial charge in [0.2, 0.25) is 0 Å². The zero-order valence-corrected chi connectivity index (χ0v) is 13.8. The molecule has 1 aliphatic heterocycles. The van der Waals surface area contributed by atoms with E-state index in [0.717, 1.165) is 5.41 Å². The molecule has 1 saturated heterocycles. The SMILES string of the molecule is CCCNCCCCCCN1CCC2(CCCC2)CC1. The lowest BCUT2D eigenvalue weighted by molar-refractivity contribution is 0.107. The third-order valence-electron chi connectivity index (χ3n) is 5.59. The minimum absolute atomic E-state index is 0.793. The van der Waals surface area contributed by atoms with E-state index in [1.54, 1.807) is 0 Å². The van der Waals surface area contributed by atoms with Crippen LogP contribution in [0.4, 0.5) is 0 Å². The molecule has 0 aromatic carbocycles. The summed E-state index contributed by atoms with van der Waals surface area (Å²) >= 11 is 0. The molecule has 0 radical (unpaired) electrons. The van der Waals surface area contributed by atoms with Gasteiger partial charge in [-0.1, -0.05) is 32.6 Å². The highest BCUT2D eigenvalue weighted by Crippen LogP contribution is 2.46. The molecule has 0 aromatic rings. The molecular weight excluding hydrogens is 244 g/mol. The Morgan fingerprint density at radius 1 is 0.850 bits per heavy atom. The van der Waals surface area contributed by atoms with Crippen molar-refractivity contribution >= 4 is 0 Å². The summed E-state index contributed by atoms with van der Waals surface area (Å²) in [7, 11) is 0. The summed E-state index contributed by atoms with van der Waals surface area (Å²) in [6, 6.07) is 0. The van der Waals surface area contributed by atoms with Crippen molar-refractivity contribution in [3.8, 4) is 0 Å². The van der Waals surface area contributed by atoms with Gasteiger partial charge in [0.25, 0.3) is 0 Å². The van der Waals surface area contributed by atoms with Crippen molar-refractivity contribution in [2.75, 3.05) is 32.7 Å². The summed E-state index contributed by atoms with van der Waals surface area (Å²) in [5.74, 6) is 0. The summed E-state index contributed by atoms with van der Waals surface area (Å²) in [5.41, 5.74) is 0.793. The number of hydrogen-bond donors (Lipinski definition) is 1. The Kier molecular flexibility index (Phi) is 7.37. The summed E-state index contributed by atoms with van der Waals surface area (Å²) in [4.78, 5) is 2.74. The average molecular weight is 280 g/mol. The molecule has 1 N–H and O–H groups in total. The van der Waals surface area contributed by atoms with Crippen molar-refractivity contribution < 1.29 is 0 Å². The highest BCUT2D eigenvalue weighted by atomic mass is 15.1. The number of unbranched alkanes of at least 4 members (excludes halogenated alkanes) is 3. The normalized spacial score (nSPS) is 22.6. The lowest BCUT2D eigenvalue weighted by Gasteiger charge is -2.39. The van der Waals surface area contributed by atoms with Crippen LogP contribution in [0.5, 0.6) is 0 Å². The zero-order valence-electron chi connectivity index (χ0n) is 13.8. The van der Waals surface area contributed by atoms with E-state index in [2.05, 4.69) is 17.1 Å². The molecule has 2 fully saturated rings. The first-order chi connectivity index (χ1) is 9.85. The van der Waals surface area contributed by atoms with E-state index in [4.69, 9.17) is 0 Å². The van der Waals surface area contributed by atoms with E-state index in [9.17, 15) is 0 Å². The van der Waals surface area contributed by atoms with Crippen LogP contribution in [0.15, 0.2) is 0 Å². The van der Waals surface area contributed by atoms with Gasteiger partial charge in [0.1, 0.15) is 0 Å². The third-order valence-corrected chi connectivity index (χ3v) is 5.59. The molecule has 2 nitrogen and oxygen atoms in total. The Morgan fingerprint density at radius 2 is 1.55 bits per heavy atom. The van der Waals surface area contributed by atoms with E-state index in [1.807, 2.05) is 0 Å². The molecule has 0 aromatic heterocycles. The van der Waals surface area contributed by atoms with Crippen molar-refractivity contribution in [1.82, 2.24) is 10.2 Å². The van der Waals surface area contributed by atoms with Crippen molar-refractivity contribution in [2.45, 2.75) is 77.6 Å². The second-order valence-corrected chi connectivity index (χ2v) is 7.21. The molecule has 1 saturated carbocycles. The Bertz CT molecular complexity index is 236. The Labute approximate surface area is 126 Å². The van der Waals surface area contributed by atoms with Gasteiger partial charge in [-0.05, 0) is 83.1 Å². The summed E-state index contributed by atoms with van der Waals surface area (Å²) in [6.45, 7) is 8.78. The van der Waals surface area contributed by atoms with Gasteiger partial charge in [0.05, 0.1) is 0 Å². The quantitative estimate of drug-likeness (QED) is 0.637. The Balaban J connectivity index is 1.43. The van der Waals surface area contributed by atoms with Crippen molar-refractivity contribution in [3.63, 3.8) is 0 Å². The first kappa shape index (κ1) is 16.3. The van der Waals surface area contributed by atoms with Gasteiger partial charge >= 0.3 is 0 Å². The maximum absolute atomic E-state index is 3.49. The highest BCUT2D eigenvalue weighted by Gasteiger charge is 2.36. The fourth-order valence-electron chi connectivity index (χ4n) is 4.12. The third kappa shape index (κ3) is 5.37. The fourth-order valence-corrected chi connectivity index (χ4v) is 4.12. The summed E-state index contributed by atoms with van der Waals surface area (Å²) < 4.78 is 0. The Hall–Kier alpha value is -0.0800. The van der Waals surface area contributed by atoms with Crippen LogP contribution in [-0.4, -0.2) is 37.6 Å². The number of nitrogens with zero attached hydrogens (tertiary/aromatic N) is 1. The highest BCUT2D eigenvalue weighted by molar-refractivity contribution is 4.89. The lowest BCUT2D eigenvalue weighted by atomic mass is 9.77.